The van der Waals surface area contributed by atoms with E-state index in [4.69, 9.17) is 24.7 Å². The lowest BCUT2D eigenvalue weighted by Gasteiger charge is -2.25. The number of likely N-dealkylation sites (tertiary alicyclic amines) is 1. The highest BCUT2D eigenvalue weighted by molar-refractivity contribution is 8.00. The van der Waals surface area contributed by atoms with Crippen LogP contribution in [0.1, 0.15) is 26.5 Å². The van der Waals surface area contributed by atoms with Crippen LogP contribution in [0.25, 0.3) is 11.2 Å². The van der Waals surface area contributed by atoms with E-state index >= 15 is 0 Å². The number of nitrogen functional groups attached to an aromatic ring is 1. The number of nitrogens with two attached hydrogens (primary N) is 1. The van der Waals surface area contributed by atoms with Gasteiger partial charge >= 0.3 is 5.97 Å². The van der Waals surface area contributed by atoms with E-state index in [2.05, 4.69) is 15.0 Å². The summed E-state index contributed by atoms with van der Waals surface area (Å²) in [7, 11) is 3.38. The van der Waals surface area contributed by atoms with Gasteiger partial charge in [-0.3, -0.25) is 14.3 Å². The predicted molar refractivity (Wildman–Crippen MR) is 117 cm³/mol. The molecule has 12 heteroatoms. The summed E-state index contributed by atoms with van der Waals surface area (Å²) in [4.78, 5) is 26.8. The number of anilines is 1. The van der Waals surface area contributed by atoms with Crippen LogP contribution in [0.2, 0.25) is 0 Å². The molecule has 11 nitrogen and oxygen atoms in total. The van der Waals surface area contributed by atoms with Crippen LogP contribution in [0.4, 0.5) is 5.82 Å². The molecule has 0 spiro atoms. The van der Waals surface area contributed by atoms with Gasteiger partial charge in [0.05, 0.1) is 19.5 Å². The Morgan fingerprint density at radius 1 is 1.31 bits per heavy atom. The minimum Gasteiger partial charge on any atom is -0.468 e. The molecular formula is C20H28N6O5S. The Hall–Kier alpha value is -1.99. The first-order valence-electron chi connectivity index (χ1n) is 10.6. The van der Waals surface area contributed by atoms with Crippen molar-refractivity contribution >= 4 is 34.7 Å². The van der Waals surface area contributed by atoms with Crippen LogP contribution in [-0.4, -0.2) is 92.2 Å². The molecule has 0 bridgehead atoms. The third-order valence-electron chi connectivity index (χ3n) is 6.27. The maximum atomic E-state index is 12.0. The molecule has 3 aliphatic rings. The molecule has 5 rings (SSSR count). The van der Waals surface area contributed by atoms with Crippen LogP contribution in [0.5, 0.6) is 0 Å². The van der Waals surface area contributed by atoms with Gasteiger partial charge in [-0.1, -0.05) is 0 Å². The first-order valence-corrected chi connectivity index (χ1v) is 11.7. The van der Waals surface area contributed by atoms with Gasteiger partial charge in [-0.25, -0.2) is 15.0 Å². The van der Waals surface area contributed by atoms with Gasteiger partial charge in [0.1, 0.15) is 30.1 Å². The number of aromatic nitrogens is 4. The Morgan fingerprint density at radius 3 is 2.88 bits per heavy atom. The van der Waals surface area contributed by atoms with Gasteiger partial charge in [0.25, 0.3) is 0 Å². The summed E-state index contributed by atoms with van der Waals surface area (Å²) in [5.74, 6) is 0.141. The number of esters is 1. The van der Waals surface area contributed by atoms with Crippen LogP contribution < -0.4 is 5.73 Å². The van der Waals surface area contributed by atoms with E-state index in [9.17, 15) is 4.79 Å². The average Bonchev–Trinajstić information content (AvgIpc) is 3.48. The number of nitrogens with zero attached hydrogens (tertiary/aromatic N) is 5. The molecule has 0 aliphatic carbocycles. The number of fused-ring (bicyclic) bond motifs is 2. The number of methoxy groups -OCH3 is 1. The summed E-state index contributed by atoms with van der Waals surface area (Å²) in [5.41, 5.74) is 7.08. The molecule has 0 amide bonds. The zero-order chi connectivity index (χ0) is 22.6. The molecule has 0 saturated carbocycles. The van der Waals surface area contributed by atoms with Gasteiger partial charge in [-0.05, 0) is 27.3 Å². The van der Waals surface area contributed by atoms with Gasteiger partial charge in [-0.2, -0.15) is 11.8 Å². The number of carbonyl (C=O) groups is 1. The number of hydrogen-bond donors (Lipinski definition) is 1. The Kier molecular flexibility index (Phi) is 5.53. The van der Waals surface area contributed by atoms with Crippen molar-refractivity contribution < 1.29 is 23.7 Å². The number of thioether (sulfide) groups is 1. The van der Waals surface area contributed by atoms with Crippen molar-refractivity contribution in [2.75, 3.05) is 32.2 Å². The van der Waals surface area contributed by atoms with Crippen molar-refractivity contribution in [3.8, 4) is 0 Å². The van der Waals surface area contributed by atoms with Crippen molar-refractivity contribution in [3.63, 3.8) is 0 Å². The molecule has 32 heavy (non-hydrogen) atoms. The molecule has 0 aromatic carbocycles. The average molecular weight is 465 g/mol. The summed E-state index contributed by atoms with van der Waals surface area (Å²) in [5, 5.41) is 0.308. The second-order valence-electron chi connectivity index (χ2n) is 8.88. The Labute approximate surface area is 189 Å². The van der Waals surface area contributed by atoms with Crippen molar-refractivity contribution in [1.82, 2.24) is 24.4 Å². The van der Waals surface area contributed by atoms with Crippen LogP contribution in [0.15, 0.2) is 12.7 Å². The van der Waals surface area contributed by atoms with E-state index < -0.39 is 12.0 Å². The highest BCUT2D eigenvalue weighted by Crippen LogP contribution is 2.45. The molecule has 2 aromatic heterocycles. The standard InChI is InChI=1S/C20H28N6O5S/c1-20(2)30-14-12(7-32-10-5-11(19(27)28-4)25(3)6-10)29-18(15(14)31-20)26-9-24-13-16(21)22-8-23-17(13)26/h8-12,14-15,18H,5-7H2,1-4H3,(H2,21,22,23)/t10-,11-,12+,14+,15+,18+/m0/s1. The predicted octanol–water partition coefficient (Wildman–Crippen LogP) is 0.805. The molecular weight excluding hydrogens is 436 g/mol. The van der Waals surface area contributed by atoms with Crippen LogP contribution in [0.3, 0.4) is 0 Å². The summed E-state index contributed by atoms with van der Waals surface area (Å²) in [6.07, 6.45) is 2.67. The second-order valence-corrected chi connectivity index (χ2v) is 10.2. The first kappa shape index (κ1) is 21.8. The van der Waals surface area contributed by atoms with Gasteiger partial charge in [0.2, 0.25) is 0 Å². The maximum absolute atomic E-state index is 12.0. The molecule has 2 N–H and O–H groups in total. The lowest BCUT2D eigenvalue weighted by atomic mass is 10.1. The van der Waals surface area contributed by atoms with Crippen LogP contribution >= 0.6 is 11.8 Å². The fraction of sp³-hybridized carbons (Fsp3) is 0.700. The molecule has 3 saturated heterocycles. The SMILES string of the molecule is COC(=O)[C@@H]1C[C@H](SC[C@H]2O[C@@H](n3cnc4c(N)ncnc43)[C@@H]3OC(C)(C)O[C@@H]32)CN1C. The Morgan fingerprint density at radius 2 is 2.09 bits per heavy atom. The number of imidazole rings is 1. The van der Waals surface area contributed by atoms with E-state index in [0.717, 1.165) is 13.0 Å². The van der Waals surface area contributed by atoms with Crippen LogP contribution in [0, 0.1) is 0 Å². The Bertz CT molecular complexity index is 1020. The number of ether oxygens (including phenoxy) is 4. The van der Waals surface area contributed by atoms with Crippen LogP contribution in [-0.2, 0) is 23.7 Å². The second kappa shape index (κ2) is 8.10. The number of carbonyl (C=O) groups excluding carboxylic acids is 1. The minimum absolute atomic E-state index is 0.184. The van der Waals surface area contributed by atoms with E-state index in [1.54, 1.807) is 18.1 Å². The highest BCUT2D eigenvalue weighted by Gasteiger charge is 2.56. The molecule has 0 radical (unpaired) electrons. The molecule has 3 aliphatic heterocycles. The number of likely N-dealkylation sites (N-methyl/N-ethyl adjacent to an activating group) is 1. The van der Waals surface area contributed by atoms with Crippen molar-refractivity contribution in [2.45, 2.75) is 61.9 Å². The molecule has 2 aromatic rings. The summed E-state index contributed by atoms with van der Waals surface area (Å²) in [6, 6.07) is -0.199. The van der Waals surface area contributed by atoms with E-state index in [-0.39, 0.29) is 30.3 Å². The molecule has 174 valence electrons. The highest BCUT2D eigenvalue weighted by atomic mass is 32.2. The van der Waals surface area contributed by atoms with Crippen molar-refractivity contribution in [1.29, 1.82) is 0 Å². The minimum atomic E-state index is -0.714. The summed E-state index contributed by atoms with van der Waals surface area (Å²) < 4.78 is 25.7. The molecule has 3 fully saturated rings. The summed E-state index contributed by atoms with van der Waals surface area (Å²) >= 11 is 1.79. The topological polar surface area (TPSA) is 127 Å². The van der Waals surface area contributed by atoms with Gasteiger partial charge in [-0.15, -0.1) is 0 Å². The largest absolute Gasteiger partial charge is 0.468 e. The zero-order valence-corrected chi connectivity index (χ0v) is 19.3. The number of hydrogen-bond acceptors (Lipinski definition) is 11. The summed E-state index contributed by atoms with van der Waals surface area (Å²) in [6.45, 7) is 4.64. The first-order chi connectivity index (χ1) is 15.3. The molecule has 5 heterocycles. The normalized spacial score (nSPS) is 34.2. The lowest BCUT2D eigenvalue weighted by molar-refractivity contribution is -0.193. The van der Waals surface area contributed by atoms with E-state index in [0.29, 0.717) is 28.0 Å². The fourth-order valence-corrected chi connectivity index (χ4v) is 6.18. The monoisotopic (exact) mass is 464 g/mol. The third kappa shape index (κ3) is 3.73. The lowest BCUT2D eigenvalue weighted by Crippen LogP contribution is -2.33. The van der Waals surface area contributed by atoms with Gasteiger partial charge in [0, 0.05) is 17.5 Å². The fourth-order valence-electron chi connectivity index (χ4n) is 4.79. The maximum Gasteiger partial charge on any atom is 0.323 e. The van der Waals surface area contributed by atoms with E-state index in [1.165, 1.54) is 13.4 Å². The van der Waals surface area contributed by atoms with Gasteiger partial charge < -0.3 is 24.7 Å². The van der Waals surface area contributed by atoms with E-state index in [1.807, 2.05) is 30.4 Å². The molecule has 6 atom stereocenters. The smallest absolute Gasteiger partial charge is 0.323 e. The van der Waals surface area contributed by atoms with Crippen molar-refractivity contribution in [2.24, 2.45) is 0 Å². The zero-order valence-electron chi connectivity index (χ0n) is 18.5. The molecule has 0 unspecified atom stereocenters. The quantitative estimate of drug-likeness (QED) is 0.631. The van der Waals surface area contributed by atoms with Gasteiger partial charge in [0.15, 0.2) is 23.5 Å². The third-order valence-corrected chi connectivity index (χ3v) is 7.60. The Balaban J connectivity index is 1.33. The number of rotatable bonds is 5. The van der Waals surface area contributed by atoms with Crippen molar-refractivity contribution in [3.05, 3.63) is 12.7 Å².